The molecule has 3 atom stereocenters. The average molecular weight is 242 g/mol. The number of rotatable bonds is 5. The summed E-state index contributed by atoms with van der Waals surface area (Å²) in [5.74, 6) is 0.835. The third-order valence-corrected chi connectivity index (χ3v) is 3.77. The minimum absolute atomic E-state index is 0.117. The molecule has 1 fully saturated rings. The van der Waals surface area contributed by atoms with Crippen molar-refractivity contribution in [2.45, 2.75) is 38.6 Å². The average Bonchev–Trinajstić information content (AvgIpc) is 2.31. The number of nitrogens with zero attached hydrogens (tertiary/aromatic N) is 1. The zero-order valence-corrected chi connectivity index (χ0v) is 11.3. The van der Waals surface area contributed by atoms with Crippen LogP contribution < -0.4 is 5.73 Å². The van der Waals surface area contributed by atoms with Gasteiger partial charge in [-0.2, -0.15) is 0 Å². The number of amides is 1. The molecular formula is C13H26N2O2. The van der Waals surface area contributed by atoms with Gasteiger partial charge in [0.1, 0.15) is 0 Å². The number of hydrogen-bond acceptors (Lipinski definition) is 3. The Morgan fingerprint density at radius 1 is 1.47 bits per heavy atom. The molecule has 0 aromatic heterocycles. The van der Waals surface area contributed by atoms with E-state index in [9.17, 15) is 4.79 Å². The summed E-state index contributed by atoms with van der Waals surface area (Å²) in [6.45, 7) is 3.64. The van der Waals surface area contributed by atoms with Crippen molar-refractivity contribution < 1.29 is 9.53 Å². The number of nitrogens with two attached hydrogens (primary N) is 1. The van der Waals surface area contributed by atoms with Gasteiger partial charge in [0.15, 0.2) is 0 Å². The fourth-order valence-electron chi connectivity index (χ4n) is 2.54. The Bertz CT molecular complexity index is 246. The molecule has 2 N–H and O–H groups in total. The molecule has 0 radical (unpaired) electrons. The first-order valence-corrected chi connectivity index (χ1v) is 6.55. The molecule has 0 heterocycles. The Labute approximate surface area is 104 Å². The molecule has 100 valence electrons. The van der Waals surface area contributed by atoms with E-state index in [1.807, 2.05) is 11.9 Å². The summed E-state index contributed by atoms with van der Waals surface area (Å²) in [4.78, 5) is 14.1. The van der Waals surface area contributed by atoms with E-state index in [0.717, 1.165) is 32.2 Å². The van der Waals surface area contributed by atoms with Crippen LogP contribution in [0.3, 0.4) is 0 Å². The molecule has 1 rings (SSSR count). The summed E-state index contributed by atoms with van der Waals surface area (Å²) < 4.78 is 5.00. The van der Waals surface area contributed by atoms with Crippen molar-refractivity contribution in [2.75, 3.05) is 27.3 Å². The number of methoxy groups -OCH3 is 1. The first-order valence-electron chi connectivity index (χ1n) is 6.55. The summed E-state index contributed by atoms with van der Waals surface area (Å²) in [5, 5.41) is 0. The molecule has 0 aromatic carbocycles. The Kier molecular flexibility index (Phi) is 5.92. The molecule has 3 unspecified atom stereocenters. The van der Waals surface area contributed by atoms with Crippen LogP contribution in [0.5, 0.6) is 0 Å². The van der Waals surface area contributed by atoms with E-state index in [-0.39, 0.29) is 17.9 Å². The Morgan fingerprint density at radius 2 is 2.18 bits per heavy atom. The zero-order chi connectivity index (χ0) is 12.8. The van der Waals surface area contributed by atoms with E-state index in [0.29, 0.717) is 12.5 Å². The fraction of sp³-hybridized carbons (Fsp3) is 0.923. The molecule has 1 saturated carbocycles. The zero-order valence-electron chi connectivity index (χ0n) is 11.3. The van der Waals surface area contributed by atoms with Crippen molar-refractivity contribution in [3.05, 3.63) is 0 Å². The van der Waals surface area contributed by atoms with Crippen LogP contribution in [0.4, 0.5) is 0 Å². The normalized spacial score (nSPS) is 29.1. The van der Waals surface area contributed by atoms with E-state index < -0.39 is 0 Å². The molecule has 4 heteroatoms. The maximum atomic E-state index is 12.3. The van der Waals surface area contributed by atoms with Gasteiger partial charge in [-0.15, -0.1) is 0 Å². The second-order valence-corrected chi connectivity index (χ2v) is 5.26. The van der Waals surface area contributed by atoms with Crippen molar-refractivity contribution in [1.82, 2.24) is 4.90 Å². The molecule has 4 nitrogen and oxygen atoms in total. The van der Waals surface area contributed by atoms with Gasteiger partial charge >= 0.3 is 0 Å². The summed E-state index contributed by atoms with van der Waals surface area (Å²) >= 11 is 0. The molecule has 1 aliphatic carbocycles. The highest BCUT2D eigenvalue weighted by Crippen LogP contribution is 2.30. The highest BCUT2D eigenvalue weighted by Gasteiger charge is 2.32. The Hall–Kier alpha value is -0.610. The lowest BCUT2D eigenvalue weighted by Crippen LogP contribution is -2.42. The maximum absolute atomic E-state index is 12.3. The molecule has 0 aromatic rings. The second-order valence-electron chi connectivity index (χ2n) is 5.26. The molecule has 0 saturated heterocycles. The predicted molar refractivity (Wildman–Crippen MR) is 68.6 cm³/mol. The van der Waals surface area contributed by atoms with Gasteiger partial charge in [0.25, 0.3) is 0 Å². The molecule has 0 aliphatic heterocycles. The standard InChI is InChI=1S/C13H26N2O2/c1-10-5-6-11(14)9-12(10)13(16)15(2)7-4-8-17-3/h10-12H,4-9,14H2,1-3H3. The minimum Gasteiger partial charge on any atom is -0.385 e. The first-order chi connectivity index (χ1) is 8.06. The van der Waals surface area contributed by atoms with E-state index in [1.165, 1.54) is 0 Å². The van der Waals surface area contributed by atoms with Crippen LogP contribution in [-0.2, 0) is 9.53 Å². The van der Waals surface area contributed by atoms with Crippen molar-refractivity contribution >= 4 is 5.91 Å². The van der Waals surface area contributed by atoms with Crippen LogP contribution in [0.1, 0.15) is 32.6 Å². The lowest BCUT2D eigenvalue weighted by atomic mass is 9.77. The van der Waals surface area contributed by atoms with E-state index in [4.69, 9.17) is 10.5 Å². The van der Waals surface area contributed by atoms with E-state index in [2.05, 4.69) is 6.92 Å². The highest BCUT2D eigenvalue weighted by molar-refractivity contribution is 5.79. The SMILES string of the molecule is COCCCN(C)C(=O)C1CC(N)CCC1C. The van der Waals surface area contributed by atoms with Crippen LogP contribution in [0.25, 0.3) is 0 Å². The first kappa shape index (κ1) is 14.5. The highest BCUT2D eigenvalue weighted by atomic mass is 16.5. The van der Waals surface area contributed by atoms with Crippen LogP contribution in [0.15, 0.2) is 0 Å². The van der Waals surface area contributed by atoms with E-state index in [1.54, 1.807) is 7.11 Å². The summed E-state index contributed by atoms with van der Waals surface area (Å²) in [6.07, 6.45) is 3.86. The van der Waals surface area contributed by atoms with Crippen LogP contribution in [0.2, 0.25) is 0 Å². The van der Waals surface area contributed by atoms with Crippen LogP contribution in [-0.4, -0.2) is 44.2 Å². The van der Waals surface area contributed by atoms with Gasteiger partial charge in [0.2, 0.25) is 5.91 Å². The molecule has 0 bridgehead atoms. The summed E-state index contributed by atoms with van der Waals surface area (Å²) in [6, 6.07) is 0.201. The summed E-state index contributed by atoms with van der Waals surface area (Å²) in [5.41, 5.74) is 5.96. The number of carbonyl (C=O) groups is 1. The molecule has 0 spiro atoms. The van der Waals surface area contributed by atoms with Gasteiger partial charge in [-0.3, -0.25) is 4.79 Å². The Balaban J connectivity index is 2.43. The monoisotopic (exact) mass is 242 g/mol. The Morgan fingerprint density at radius 3 is 2.82 bits per heavy atom. The number of ether oxygens (including phenoxy) is 1. The van der Waals surface area contributed by atoms with Gasteiger partial charge in [-0.05, 0) is 31.6 Å². The third-order valence-electron chi connectivity index (χ3n) is 3.77. The molecule has 17 heavy (non-hydrogen) atoms. The third kappa shape index (κ3) is 4.28. The lowest BCUT2D eigenvalue weighted by Gasteiger charge is -2.34. The predicted octanol–water partition coefficient (Wildman–Crippen LogP) is 1.24. The summed E-state index contributed by atoms with van der Waals surface area (Å²) in [7, 11) is 3.56. The van der Waals surface area contributed by atoms with Gasteiger partial charge in [0, 0.05) is 39.3 Å². The quantitative estimate of drug-likeness (QED) is 0.738. The second kappa shape index (κ2) is 6.97. The van der Waals surface area contributed by atoms with Gasteiger partial charge in [-0.1, -0.05) is 6.92 Å². The topological polar surface area (TPSA) is 55.6 Å². The molecule has 1 aliphatic rings. The minimum atomic E-state index is 0.117. The van der Waals surface area contributed by atoms with Crippen molar-refractivity contribution in [1.29, 1.82) is 0 Å². The van der Waals surface area contributed by atoms with Crippen molar-refractivity contribution in [3.63, 3.8) is 0 Å². The number of carbonyl (C=O) groups excluding carboxylic acids is 1. The fourth-order valence-corrected chi connectivity index (χ4v) is 2.54. The number of hydrogen-bond donors (Lipinski definition) is 1. The maximum Gasteiger partial charge on any atom is 0.225 e. The van der Waals surface area contributed by atoms with Gasteiger partial charge in [-0.25, -0.2) is 0 Å². The lowest BCUT2D eigenvalue weighted by molar-refractivity contribution is -0.137. The van der Waals surface area contributed by atoms with Crippen molar-refractivity contribution in [2.24, 2.45) is 17.6 Å². The smallest absolute Gasteiger partial charge is 0.225 e. The molecule has 1 amide bonds. The van der Waals surface area contributed by atoms with Gasteiger partial charge < -0.3 is 15.4 Å². The van der Waals surface area contributed by atoms with Crippen molar-refractivity contribution in [3.8, 4) is 0 Å². The van der Waals surface area contributed by atoms with Crippen LogP contribution in [0, 0.1) is 11.8 Å². The van der Waals surface area contributed by atoms with E-state index >= 15 is 0 Å². The molecular weight excluding hydrogens is 216 g/mol. The largest absolute Gasteiger partial charge is 0.385 e. The van der Waals surface area contributed by atoms with Crippen LogP contribution >= 0.6 is 0 Å². The van der Waals surface area contributed by atoms with Gasteiger partial charge in [0.05, 0.1) is 0 Å².